The van der Waals surface area contributed by atoms with Gasteiger partial charge in [0.15, 0.2) is 0 Å². The van der Waals surface area contributed by atoms with Crippen LogP contribution in [0.25, 0.3) is 0 Å². The summed E-state index contributed by atoms with van der Waals surface area (Å²) in [7, 11) is 0. The van der Waals surface area contributed by atoms with Crippen LogP contribution in [0.1, 0.15) is 39.7 Å². The minimum Gasteiger partial charge on any atom is -0.444 e. The molecule has 1 amide bonds. The summed E-state index contributed by atoms with van der Waals surface area (Å²) in [6.45, 7) is 9.27. The third kappa shape index (κ3) is 2.77. The normalized spacial score (nSPS) is 29.4. The van der Waals surface area contributed by atoms with Gasteiger partial charge >= 0.3 is 6.09 Å². The Balaban J connectivity index is 1.74. The highest BCUT2D eigenvalue weighted by Crippen LogP contribution is 2.65. The molecule has 2 fully saturated rings. The lowest BCUT2D eigenvalue weighted by molar-refractivity contribution is 0.0260. The topological polar surface area (TPSA) is 29.5 Å². The number of hydrogen-bond donors (Lipinski definition) is 0. The molecule has 0 bridgehead atoms. The standard InChI is InChI=1S/C18H23BrFNO2/c1-5-18(11-6-7-15(20)14(19)8-11)12-9-21(10-13(12)18)16(22)23-17(2,3)4/h6-8,12-13H,5,9-10H2,1-4H3. The van der Waals surface area contributed by atoms with Crippen LogP contribution in [0.4, 0.5) is 9.18 Å². The molecule has 1 aliphatic carbocycles. The van der Waals surface area contributed by atoms with Gasteiger partial charge in [-0.3, -0.25) is 0 Å². The van der Waals surface area contributed by atoms with Crippen LogP contribution < -0.4 is 0 Å². The molecule has 1 saturated heterocycles. The second-order valence-corrected chi connectivity index (χ2v) is 8.48. The predicted molar refractivity (Wildman–Crippen MR) is 90.9 cm³/mol. The fourth-order valence-electron chi connectivity index (χ4n) is 4.15. The van der Waals surface area contributed by atoms with Crippen LogP contribution in [-0.2, 0) is 10.2 Å². The number of carbonyl (C=O) groups excluding carboxylic acids is 1. The van der Waals surface area contributed by atoms with Gasteiger partial charge in [0.2, 0.25) is 0 Å². The number of halogens is 2. The van der Waals surface area contributed by atoms with E-state index in [0.29, 0.717) is 16.3 Å². The fraction of sp³-hybridized carbons (Fsp3) is 0.611. The first kappa shape index (κ1) is 16.7. The van der Waals surface area contributed by atoms with E-state index in [1.807, 2.05) is 37.8 Å². The average molecular weight is 384 g/mol. The molecule has 2 atom stereocenters. The average Bonchev–Trinajstić information content (AvgIpc) is 2.84. The summed E-state index contributed by atoms with van der Waals surface area (Å²) in [5.74, 6) is 0.649. The van der Waals surface area contributed by atoms with E-state index in [9.17, 15) is 9.18 Å². The molecule has 1 aromatic rings. The zero-order valence-corrected chi connectivity index (χ0v) is 15.6. The van der Waals surface area contributed by atoms with E-state index < -0.39 is 5.60 Å². The molecular formula is C18H23BrFNO2. The first-order chi connectivity index (χ1) is 10.7. The van der Waals surface area contributed by atoms with Gasteiger partial charge in [-0.1, -0.05) is 13.0 Å². The van der Waals surface area contributed by atoms with Crippen LogP contribution >= 0.6 is 15.9 Å². The van der Waals surface area contributed by atoms with Gasteiger partial charge in [-0.25, -0.2) is 9.18 Å². The second-order valence-electron chi connectivity index (χ2n) is 7.62. The highest BCUT2D eigenvalue weighted by atomic mass is 79.9. The zero-order chi connectivity index (χ0) is 17.0. The summed E-state index contributed by atoms with van der Waals surface area (Å²) in [4.78, 5) is 14.0. The van der Waals surface area contributed by atoms with Crippen molar-refractivity contribution in [3.8, 4) is 0 Å². The minimum atomic E-state index is -0.465. The number of rotatable bonds is 2. The van der Waals surface area contributed by atoms with Crippen molar-refractivity contribution >= 4 is 22.0 Å². The fourth-order valence-corrected chi connectivity index (χ4v) is 4.53. The van der Waals surface area contributed by atoms with Gasteiger partial charge in [-0.05, 0) is 72.7 Å². The third-order valence-corrected chi connectivity index (χ3v) is 5.84. The summed E-state index contributed by atoms with van der Waals surface area (Å²) in [6.07, 6.45) is 0.776. The first-order valence-electron chi connectivity index (χ1n) is 8.12. The van der Waals surface area contributed by atoms with Crippen molar-refractivity contribution in [2.24, 2.45) is 11.8 Å². The quantitative estimate of drug-likeness (QED) is 0.738. The number of fused-ring (bicyclic) bond motifs is 1. The molecule has 0 N–H and O–H groups in total. The largest absolute Gasteiger partial charge is 0.444 e. The number of nitrogens with zero attached hydrogens (tertiary/aromatic N) is 1. The van der Waals surface area contributed by atoms with Gasteiger partial charge in [0.1, 0.15) is 11.4 Å². The van der Waals surface area contributed by atoms with Gasteiger partial charge in [0.05, 0.1) is 4.47 Å². The van der Waals surface area contributed by atoms with Gasteiger partial charge in [-0.15, -0.1) is 0 Å². The lowest BCUT2D eigenvalue weighted by Gasteiger charge is -2.29. The molecule has 0 aromatic heterocycles. The second kappa shape index (κ2) is 5.47. The van der Waals surface area contributed by atoms with Gasteiger partial charge in [0.25, 0.3) is 0 Å². The van der Waals surface area contributed by atoms with Crippen molar-refractivity contribution in [2.45, 2.75) is 45.1 Å². The van der Waals surface area contributed by atoms with Crippen LogP contribution in [0, 0.1) is 17.7 Å². The molecule has 2 unspecified atom stereocenters. The molecule has 1 aromatic carbocycles. The lowest BCUT2D eigenvalue weighted by Crippen LogP contribution is -2.39. The molecule has 1 saturated carbocycles. The van der Waals surface area contributed by atoms with Crippen LogP contribution in [0.15, 0.2) is 22.7 Å². The summed E-state index contributed by atoms with van der Waals surface area (Å²) >= 11 is 3.28. The summed E-state index contributed by atoms with van der Waals surface area (Å²) in [5.41, 5.74) is 0.787. The van der Waals surface area contributed by atoms with Gasteiger partial charge < -0.3 is 9.64 Å². The minimum absolute atomic E-state index is 0.0781. The number of hydrogen-bond acceptors (Lipinski definition) is 2. The van der Waals surface area contributed by atoms with Crippen molar-refractivity contribution in [1.82, 2.24) is 4.90 Å². The molecule has 2 aliphatic rings. The molecule has 23 heavy (non-hydrogen) atoms. The highest BCUT2D eigenvalue weighted by Gasteiger charge is 2.68. The van der Waals surface area contributed by atoms with Crippen molar-refractivity contribution < 1.29 is 13.9 Å². The lowest BCUT2D eigenvalue weighted by atomic mass is 9.87. The van der Waals surface area contributed by atoms with Crippen molar-refractivity contribution in [3.63, 3.8) is 0 Å². The Hall–Kier alpha value is -1.10. The van der Waals surface area contributed by atoms with Crippen molar-refractivity contribution in [3.05, 3.63) is 34.1 Å². The summed E-state index contributed by atoms with van der Waals surface area (Å²) < 4.78 is 19.5. The maximum atomic E-state index is 13.5. The smallest absolute Gasteiger partial charge is 0.410 e. The van der Waals surface area contributed by atoms with Crippen LogP contribution in [0.2, 0.25) is 0 Å². The van der Waals surface area contributed by atoms with Crippen LogP contribution in [-0.4, -0.2) is 29.7 Å². The van der Waals surface area contributed by atoms with Crippen LogP contribution in [0.3, 0.4) is 0 Å². The molecule has 5 heteroatoms. The van der Waals surface area contributed by atoms with E-state index in [2.05, 4.69) is 22.9 Å². The highest BCUT2D eigenvalue weighted by molar-refractivity contribution is 9.10. The molecule has 126 valence electrons. The molecule has 3 rings (SSSR count). The SMILES string of the molecule is CCC1(c2ccc(F)c(Br)c2)C2CN(C(=O)OC(C)(C)C)CC21. The third-order valence-electron chi connectivity index (χ3n) is 5.23. The molecule has 1 aliphatic heterocycles. The van der Waals surface area contributed by atoms with Gasteiger partial charge in [0, 0.05) is 18.5 Å². The number of amides is 1. The molecule has 1 heterocycles. The zero-order valence-electron chi connectivity index (χ0n) is 14.0. The summed E-state index contributed by atoms with van der Waals surface area (Å²) in [6, 6.07) is 5.31. The number of piperidine rings is 1. The van der Waals surface area contributed by atoms with Gasteiger partial charge in [-0.2, -0.15) is 0 Å². The molecule has 0 spiro atoms. The van der Waals surface area contributed by atoms with Crippen LogP contribution in [0.5, 0.6) is 0 Å². The first-order valence-corrected chi connectivity index (χ1v) is 8.92. The Labute approximate surface area is 145 Å². The molecular weight excluding hydrogens is 361 g/mol. The summed E-state index contributed by atoms with van der Waals surface area (Å²) in [5, 5.41) is 0. The Morgan fingerprint density at radius 3 is 2.48 bits per heavy atom. The number of ether oxygens (including phenoxy) is 1. The molecule has 3 nitrogen and oxygen atoms in total. The van der Waals surface area contributed by atoms with E-state index in [-0.39, 0.29) is 17.3 Å². The Bertz CT molecular complexity index is 628. The van der Waals surface area contributed by atoms with Crippen molar-refractivity contribution in [2.75, 3.05) is 13.1 Å². The maximum Gasteiger partial charge on any atom is 0.410 e. The van der Waals surface area contributed by atoms with E-state index in [1.165, 1.54) is 11.6 Å². The Kier molecular flexibility index (Phi) is 3.98. The van der Waals surface area contributed by atoms with E-state index in [4.69, 9.17) is 4.74 Å². The van der Waals surface area contributed by atoms with E-state index in [1.54, 1.807) is 0 Å². The number of benzene rings is 1. The molecule has 0 radical (unpaired) electrons. The van der Waals surface area contributed by atoms with E-state index in [0.717, 1.165) is 19.5 Å². The van der Waals surface area contributed by atoms with Crippen molar-refractivity contribution in [1.29, 1.82) is 0 Å². The predicted octanol–water partition coefficient (Wildman–Crippen LogP) is 4.73. The Morgan fingerprint density at radius 2 is 2.00 bits per heavy atom. The maximum absolute atomic E-state index is 13.5. The Morgan fingerprint density at radius 1 is 1.39 bits per heavy atom. The monoisotopic (exact) mass is 383 g/mol. The number of carbonyl (C=O) groups is 1. The number of likely N-dealkylation sites (tertiary alicyclic amines) is 1. The van der Waals surface area contributed by atoms with E-state index >= 15 is 0 Å².